The molecule has 0 aliphatic rings. The fourth-order valence-corrected chi connectivity index (χ4v) is 4.24. The molecule has 2 amide bonds. The Hall–Kier alpha value is -4.95. The number of nitrogens with one attached hydrogen (secondary N) is 3. The molecule has 0 bridgehead atoms. The fourth-order valence-electron chi connectivity index (χ4n) is 4.24. The lowest BCUT2D eigenvalue weighted by molar-refractivity contribution is -0.118. The maximum absolute atomic E-state index is 13.4. The van der Waals surface area contributed by atoms with Gasteiger partial charge in [-0.15, -0.1) is 0 Å². The highest BCUT2D eigenvalue weighted by Crippen LogP contribution is 2.28. The lowest BCUT2D eigenvalue weighted by Crippen LogP contribution is -2.37. The van der Waals surface area contributed by atoms with Crippen LogP contribution in [0.5, 0.6) is 0 Å². The number of amides is 2. The second kappa shape index (κ2) is 11.4. The van der Waals surface area contributed by atoms with Crippen molar-refractivity contribution < 1.29 is 14.3 Å². The summed E-state index contributed by atoms with van der Waals surface area (Å²) in [6.07, 6.45) is 2.90. The van der Waals surface area contributed by atoms with E-state index in [1.165, 1.54) is 0 Å². The highest BCUT2D eigenvalue weighted by Gasteiger charge is 2.24. The van der Waals surface area contributed by atoms with Crippen molar-refractivity contribution >= 4 is 28.7 Å². The van der Waals surface area contributed by atoms with E-state index in [1.54, 1.807) is 18.3 Å². The summed E-state index contributed by atoms with van der Waals surface area (Å²) in [5, 5.41) is 6.61. The summed E-state index contributed by atoms with van der Waals surface area (Å²) in [7, 11) is 0. The van der Waals surface area contributed by atoms with Gasteiger partial charge in [-0.25, -0.2) is 9.78 Å². The van der Waals surface area contributed by atoms with Gasteiger partial charge in [-0.3, -0.25) is 4.79 Å². The summed E-state index contributed by atoms with van der Waals surface area (Å²) in [5.74, 6) is -0.402. The average Bonchev–Trinajstić information content (AvgIpc) is 3.45. The zero-order chi connectivity index (χ0) is 26.3. The Bertz CT molecular complexity index is 1550. The smallest absolute Gasteiger partial charge is 0.408 e. The van der Waals surface area contributed by atoms with Gasteiger partial charge in [0.25, 0.3) is 5.91 Å². The van der Waals surface area contributed by atoms with Crippen LogP contribution in [0.1, 0.15) is 22.7 Å². The number of fused-ring (bicyclic) bond motifs is 1. The molecule has 38 heavy (non-hydrogen) atoms. The second-order valence-electron chi connectivity index (χ2n) is 8.75. The number of anilines is 1. The monoisotopic (exact) mass is 505 g/mol. The number of ether oxygens (including phenoxy) is 1. The van der Waals surface area contributed by atoms with E-state index in [-0.39, 0.29) is 6.61 Å². The third-order valence-electron chi connectivity index (χ3n) is 6.18. The van der Waals surface area contributed by atoms with Crippen LogP contribution >= 0.6 is 0 Å². The highest BCUT2D eigenvalue weighted by atomic mass is 16.5. The summed E-state index contributed by atoms with van der Waals surface area (Å²) >= 11 is 0. The summed E-state index contributed by atoms with van der Waals surface area (Å²) in [4.78, 5) is 33.6. The van der Waals surface area contributed by atoms with Crippen molar-refractivity contribution in [2.24, 2.45) is 5.73 Å². The molecule has 0 fully saturated rings. The first-order valence-corrected chi connectivity index (χ1v) is 12.2. The number of H-pyrrole nitrogens is 1. The van der Waals surface area contributed by atoms with Crippen LogP contribution in [0.15, 0.2) is 103 Å². The molecule has 5 rings (SSSR count). The Morgan fingerprint density at radius 1 is 0.921 bits per heavy atom. The molecule has 190 valence electrons. The third kappa shape index (κ3) is 5.71. The van der Waals surface area contributed by atoms with E-state index in [4.69, 9.17) is 10.5 Å². The first kappa shape index (κ1) is 24.7. The summed E-state index contributed by atoms with van der Waals surface area (Å²) in [6.45, 7) is 0.440. The van der Waals surface area contributed by atoms with Gasteiger partial charge >= 0.3 is 6.09 Å². The largest absolute Gasteiger partial charge is 0.445 e. The van der Waals surface area contributed by atoms with Crippen molar-refractivity contribution in [1.29, 1.82) is 0 Å². The van der Waals surface area contributed by atoms with E-state index in [0.717, 1.165) is 33.3 Å². The van der Waals surface area contributed by atoms with E-state index in [1.807, 2.05) is 85.1 Å². The maximum atomic E-state index is 13.4. The summed E-state index contributed by atoms with van der Waals surface area (Å²) < 4.78 is 5.39. The molecule has 5 aromatic rings. The number of rotatable bonds is 8. The van der Waals surface area contributed by atoms with E-state index < -0.39 is 18.0 Å². The van der Waals surface area contributed by atoms with Crippen LogP contribution in [0.2, 0.25) is 0 Å². The van der Waals surface area contributed by atoms with Gasteiger partial charge in [0, 0.05) is 30.0 Å². The SMILES string of the molecule is NCc1cccc(NC(=O)[C@@H](NC(=O)OCc2ccccc2)c2ccc(-c3ccnc4[nH]ccc34)cc2)c1. The molecule has 0 aliphatic heterocycles. The number of nitrogens with zero attached hydrogens (tertiary/aromatic N) is 1. The van der Waals surface area contributed by atoms with E-state index >= 15 is 0 Å². The number of aromatic amines is 1. The number of nitrogens with two attached hydrogens (primary N) is 1. The van der Waals surface area contributed by atoms with Crippen LogP contribution in [0.25, 0.3) is 22.2 Å². The lowest BCUT2D eigenvalue weighted by Gasteiger charge is -2.19. The molecule has 1 atom stereocenters. The number of carbonyl (C=O) groups excluding carboxylic acids is 2. The Balaban J connectivity index is 1.38. The molecule has 0 saturated heterocycles. The van der Waals surface area contributed by atoms with Gasteiger partial charge in [-0.1, -0.05) is 66.7 Å². The molecular weight excluding hydrogens is 478 g/mol. The van der Waals surface area contributed by atoms with Crippen LogP contribution in [-0.4, -0.2) is 22.0 Å². The Kier molecular flexibility index (Phi) is 7.42. The first-order valence-electron chi connectivity index (χ1n) is 12.2. The summed E-state index contributed by atoms with van der Waals surface area (Å²) in [6, 6.07) is 27.0. The number of benzene rings is 3. The first-order chi connectivity index (χ1) is 18.6. The number of hydrogen-bond donors (Lipinski definition) is 4. The minimum atomic E-state index is -0.987. The second-order valence-corrected chi connectivity index (χ2v) is 8.75. The highest BCUT2D eigenvalue weighted by molar-refractivity contribution is 5.98. The van der Waals surface area contributed by atoms with Gasteiger partial charge < -0.3 is 26.1 Å². The van der Waals surface area contributed by atoms with Crippen molar-refractivity contribution in [1.82, 2.24) is 15.3 Å². The van der Waals surface area contributed by atoms with Gasteiger partial charge in [0.2, 0.25) is 0 Å². The number of carbonyl (C=O) groups is 2. The molecule has 0 radical (unpaired) electrons. The van der Waals surface area contributed by atoms with Gasteiger partial charge in [0.05, 0.1) is 0 Å². The van der Waals surface area contributed by atoms with Crippen LogP contribution in [0.3, 0.4) is 0 Å². The standard InChI is InChI=1S/C30H27N5O3/c31-18-21-7-4-8-24(17-21)34-29(36)27(35-30(37)38-19-20-5-2-1-3-6-20)23-11-9-22(10-12-23)25-13-15-32-28-26(25)14-16-33-28/h1-17,27H,18-19,31H2,(H,32,33)(H,34,36)(H,35,37)/t27-/m0/s1. The third-order valence-corrected chi connectivity index (χ3v) is 6.18. The quantitative estimate of drug-likeness (QED) is 0.228. The zero-order valence-electron chi connectivity index (χ0n) is 20.6. The van der Waals surface area contributed by atoms with E-state index in [9.17, 15) is 9.59 Å². The minimum Gasteiger partial charge on any atom is -0.445 e. The lowest BCUT2D eigenvalue weighted by atomic mass is 9.99. The molecule has 8 nitrogen and oxygen atoms in total. The molecule has 8 heteroatoms. The molecular formula is C30H27N5O3. The van der Waals surface area contributed by atoms with Crippen LogP contribution in [-0.2, 0) is 22.7 Å². The Morgan fingerprint density at radius 3 is 2.50 bits per heavy atom. The Morgan fingerprint density at radius 2 is 1.71 bits per heavy atom. The molecule has 3 aromatic carbocycles. The predicted molar refractivity (Wildman–Crippen MR) is 147 cm³/mol. The van der Waals surface area contributed by atoms with E-state index in [0.29, 0.717) is 17.8 Å². The normalized spacial score (nSPS) is 11.6. The molecule has 0 unspecified atom stereocenters. The zero-order valence-corrected chi connectivity index (χ0v) is 20.6. The van der Waals surface area contributed by atoms with Gasteiger partial charge in [0.1, 0.15) is 18.3 Å². The van der Waals surface area contributed by atoms with Crippen molar-refractivity contribution in [2.75, 3.05) is 5.32 Å². The van der Waals surface area contributed by atoms with Crippen LogP contribution in [0, 0.1) is 0 Å². The van der Waals surface area contributed by atoms with E-state index in [2.05, 4.69) is 20.6 Å². The minimum absolute atomic E-state index is 0.0905. The maximum Gasteiger partial charge on any atom is 0.408 e. The average molecular weight is 506 g/mol. The number of pyridine rings is 1. The molecule has 2 heterocycles. The number of aromatic nitrogens is 2. The predicted octanol–water partition coefficient (Wildman–Crippen LogP) is 5.29. The van der Waals surface area contributed by atoms with Gasteiger partial charge in [-0.05, 0) is 52.1 Å². The summed E-state index contributed by atoms with van der Waals surface area (Å²) in [5.41, 5.74) is 11.4. The van der Waals surface area contributed by atoms with Crippen molar-refractivity contribution in [2.45, 2.75) is 19.2 Å². The van der Waals surface area contributed by atoms with Crippen molar-refractivity contribution in [3.8, 4) is 11.1 Å². The van der Waals surface area contributed by atoms with Crippen molar-refractivity contribution in [3.63, 3.8) is 0 Å². The number of alkyl carbamates (subject to hydrolysis) is 1. The number of hydrogen-bond acceptors (Lipinski definition) is 5. The molecule has 0 spiro atoms. The van der Waals surface area contributed by atoms with Crippen molar-refractivity contribution in [3.05, 3.63) is 120 Å². The molecule has 0 saturated carbocycles. The van der Waals surface area contributed by atoms with Gasteiger partial charge in [0.15, 0.2) is 0 Å². The fraction of sp³-hybridized carbons (Fsp3) is 0.100. The molecule has 5 N–H and O–H groups in total. The molecule has 2 aromatic heterocycles. The van der Waals surface area contributed by atoms with Gasteiger partial charge in [-0.2, -0.15) is 0 Å². The Labute approximate surface area is 219 Å². The molecule has 0 aliphatic carbocycles. The topological polar surface area (TPSA) is 122 Å². The van der Waals surface area contributed by atoms with Crippen LogP contribution in [0.4, 0.5) is 10.5 Å². The van der Waals surface area contributed by atoms with Crippen LogP contribution < -0.4 is 16.4 Å².